The average molecular weight is 217 g/mol. The van der Waals surface area contributed by atoms with Crippen molar-refractivity contribution in [3.8, 4) is 11.5 Å². The molecule has 0 spiro atoms. The molecule has 5 nitrogen and oxygen atoms in total. The lowest BCUT2D eigenvalue weighted by atomic mass is 10.3. The Labute approximate surface area is 83.9 Å². The molecule has 0 saturated carbocycles. The Morgan fingerprint density at radius 2 is 1.71 bits per heavy atom. The number of ether oxygens (including phenoxy) is 3. The van der Waals surface area contributed by atoms with Crippen LogP contribution in [0.25, 0.3) is 0 Å². The van der Waals surface area contributed by atoms with Crippen molar-refractivity contribution in [3.05, 3.63) is 23.2 Å². The summed E-state index contributed by atoms with van der Waals surface area (Å²) in [5, 5.41) is 0.547. The van der Waals surface area contributed by atoms with Gasteiger partial charge in [-0.15, -0.1) is 0 Å². The van der Waals surface area contributed by atoms with Crippen molar-refractivity contribution in [2.45, 2.75) is 13.0 Å². The molecule has 3 rings (SSSR count). The number of hydrogen-bond donors (Lipinski definition) is 0. The van der Waals surface area contributed by atoms with E-state index in [1.165, 1.54) is 0 Å². The first-order chi connectivity index (χ1) is 6.81. The highest BCUT2D eigenvalue weighted by Gasteiger charge is 2.35. The number of rotatable bonds is 0. The molecule has 2 heterocycles. The van der Waals surface area contributed by atoms with Gasteiger partial charge in [0.15, 0.2) is 11.5 Å². The fourth-order valence-corrected chi connectivity index (χ4v) is 1.36. The second kappa shape index (κ2) is 2.99. The minimum Gasteiger partial charge on any atom is -0.435 e. The molecular formula is C8H5ClO5. The zero-order valence-electron chi connectivity index (χ0n) is 6.81. The lowest BCUT2D eigenvalue weighted by Gasteiger charge is -2.12. The zero-order chi connectivity index (χ0) is 9.54. The number of benzene rings is 1. The maximum atomic E-state index is 5.78. The Balaban J connectivity index is 2.02. The summed E-state index contributed by atoms with van der Waals surface area (Å²) in [6.07, 6.45) is 0. The van der Waals surface area contributed by atoms with Crippen molar-refractivity contribution >= 4 is 11.6 Å². The van der Waals surface area contributed by atoms with Gasteiger partial charge in [0, 0.05) is 11.1 Å². The SMILES string of the molecule is Clc1ccc2c(c1)OC1OOC(O2)O1. The van der Waals surface area contributed by atoms with Crippen molar-refractivity contribution in [3.63, 3.8) is 0 Å². The summed E-state index contributed by atoms with van der Waals surface area (Å²) in [7, 11) is 0. The van der Waals surface area contributed by atoms with Crippen molar-refractivity contribution in [2.24, 2.45) is 0 Å². The molecule has 0 N–H and O–H groups in total. The summed E-state index contributed by atoms with van der Waals surface area (Å²) in [5.74, 6) is 0.971. The molecular weight excluding hydrogens is 212 g/mol. The highest BCUT2D eigenvalue weighted by Crippen LogP contribution is 2.36. The molecule has 1 aromatic rings. The Hall–Kier alpha value is -1.01. The van der Waals surface area contributed by atoms with Crippen LogP contribution in [0.15, 0.2) is 18.2 Å². The average Bonchev–Trinajstić information content (AvgIpc) is 2.47. The van der Waals surface area contributed by atoms with Crippen LogP contribution in [0.1, 0.15) is 0 Å². The van der Waals surface area contributed by atoms with Crippen LogP contribution in [0.4, 0.5) is 0 Å². The van der Waals surface area contributed by atoms with Gasteiger partial charge in [-0.05, 0) is 12.1 Å². The van der Waals surface area contributed by atoms with Crippen LogP contribution >= 0.6 is 11.6 Å². The highest BCUT2D eigenvalue weighted by atomic mass is 35.5. The van der Waals surface area contributed by atoms with Gasteiger partial charge in [-0.2, -0.15) is 9.78 Å². The van der Waals surface area contributed by atoms with Gasteiger partial charge < -0.3 is 9.47 Å². The summed E-state index contributed by atoms with van der Waals surface area (Å²) in [4.78, 5) is 9.28. The van der Waals surface area contributed by atoms with E-state index >= 15 is 0 Å². The van der Waals surface area contributed by atoms with Gasteiger partial charge in [0.1, 0.15) is 0 Å². The van der Waals surface area contributed by atoms with Gasteiger partial charge in [0.2, 0.25) is 0 Å². The fourth-order valence-electron chi connectivity index (χ4n) is 1.20. The first-order valence-electron chi connectivity index (χ1n) is 3.92. The normalized spacial score (nSPS) is 28.6. The second-order valence-electron chi connectivity index (χ2n) is 2.73. The van der Waals surface area contributed by atoms with E-state index in [-0.39, 0.29) is 0 Å². The topological polar surface area (TPSA) is 46.2 Å². The van der Waals surface area contributed by atoms with Crippen LogP contribution < -0.4 is 9.47 Å². The molecule has 2 aliphatic heterocycles. The van der Waals surface area contributed by atoms with Crippen molar-refractivity contribution in [1.29, 1.82) is 0 Å². The summed E-state index contributed by atoms with van der Waals surface area (Å²) < 4.78 is 15.5. The van der Waals surface area contributed by atoms with E-state index in [0.29, 0.717) is 16.5 Å². The van der Waals surface area contributed by atoms with Crippen molar-refractivity contribution < 1.29 is 24.0 Å². The van der Waals surface area contributed by atoms with Crippen LogP contribution in [0.3, 0.4) is 0 Å². The van der Waals surface area contributed by atoms with Crippen molar-refractivity contribution in [1.82, 2.24) is 0 Å². The van der Waals surface area contributed by atoms with E-state index in [1.807, 2.05) is 0 Å². The molecule has 0 aliphatic carbocycles. The Bertz CT molecular complexity index is 369. The molecule has 1 fully saturated rings. The molecule has 0 amide bonds. The van der Waals surface area contributed by atoms with E-state index in [2.05, 4.69) is 9.78 Å². The zero-order valence-corrected chi connectivity index (χ0v) is 7.56. The summed E-state index contributed by atoms with van der Waals surface area (Å²) in [5.41, 5.74) is 0. The lowest BCUT2D eigenvalue weighted by Crippen LogP contribution is -2.17. The van der Waals surface area contributed by atoms with Crippen LogP contribution in [0, 0.1) is 0 Å². The van der Waals surface area contributed by atoms with Crippen molar-refractivity contribution in [2.75, 3.05) is 0 Å². The second-order valence-corrected chi connectivity index (χ2v) is 3.17. The molecule has 2 bridgehead atoms. The van der Waals surface area contributed by atoms with E-state index in [9.17, 15) is 0 Å². The van der Waals surface area contributed by atoms with Crippen LogP contribution in [0.2, 0.25) is 5.02 Å². The van der Waals surface area contributed by atoms with E-state index < -0.39 is 13.0 Å². The molecule has 0 aromatic heterocycles. The summed E-state index contributed by atoms with van der Waals surface area (Å²) in [6, 6.07) is 4.97. The van der Waals surface area contributed by atoms with Crippen LogP contribution in [-0.4, -0.2) is 13.0 Å². The third-order valence-corrected chi connectivity index (χ3v) is 2.02. The molecule has 2 aliphatic rings. The van der Waals surface area contributed by atoms with E-state index in [4.69, 9.17) is 25.8 Å². The highest BCUT2D eigenvalue weighted by molar-refractivity contribution is 6.30. The number of halogens is 1. The first kappa shape index (κ1) is 8.31. The maximum Gasteiger partial charge on any atom is 0.349 e. The fraction of sp³-hybridized carbons (Fsp3) is 0.250. The third kappa shape index (κ3) is 1.31. The monoisotopic (exact) mass is 216 g/mol. The van der Waals surface area contributed by atoms with Crippen LogP contribution in [-0.2, 0) is 14.5 Å². The molecule has 2 unspecified atom stereocenters. The predicted octanol–water partition coefficient (Wildman–Crippen LogP) is 1.66. The molecule has 1 saturated heterocycles. The van der Waals surface area contributed by atoms with Gasteiger partial charge in [-0.25, -0.2) is 0 Å². The van der Waals surface area contributed by atoms with Gasteiger partial charge in [-0.1, -0.05) is 11.6 Å². The smallest absolute Gasteiger partial charge is 0.349 e. The molecule has 1 aromatic carbocycles. The quantitative estimate of drug-likeness (QED) is 0.617. The molecule has 6 heteroatoms. The van der Waals surface area contributed by atoms with Gasteiger partial charge in [0.05, 0.1) is 0 Å². The minimum atomic E-state index is -0.903. The van der Waals surface area contributed by atoms with Crippen LogP contribution in [0.5, 0.6) is 11.5 Å². The van der Waals surface area contributed by atoms with Gasteiger partial charge in [0.25, 0.3) is 0 Å². The predicted molar refractivity (Wildman–Crippen MR) is 43.5 cm³/mol. The van der Waals surface area contributed by atoms with Gasteiger partial charge >= 0.3 is 13.0 Å². The molecule has 14 heavy (non-hydrogen) atoms. The standard InChI is InChI=1S/C8H5ClO5/c9-4-1-2-5-6(3-4)11-8-12-7(10-5)13-14-8/h1-3,7-8H. The third-order valence-electron chi connectivity index (χ3n) is 1.79. The minimum absolute atomic E-state index is 0.466. The lowest BCUT2D eigenvalue weighted by molar-refractivity contribution is -0.355. The molecule has 2 atom stereocenters. The number of hydrogen-bond acceptors (Lipinski definition) is 5. The molecule has 74 valence electrons. The van der Waals surface area contributed by atoms with E-state index in [0.717, 1.165) is 0 Å². The summed E-state index contributed by atoms with van der Waals surface area (Å²) in [6.45, 7) is -1.79. The maximum absolute atomic E-state index is 5.78. The first-order valence-corrected chi connectivity index (χ1v) is 4.29. The Morgan fingerprint density at radius 3 is 2.50 bits per heavy atom. The molecule has 0 radical (unpaired) electrons. The Kier molecular flexibility index (Phi) is 1.78. The largest absolute Gasteiger partial charge is 0.435 e. The summed E-state index contributed by atoms with van der Waals surface area (Å²) >= 11 is 5.78. The number of fused-ring (bicyclic) bond motifs is 3. The van der Waals surface area contributed by atoms with Gasteiger partial charge in [-0.3, -0.25) is 4.74 Å². The van der Waals surface area contributed by atoms with E-state index in [1.54, 1.807) is 18.2 Å². The Morgan fingerprint density at radius 1 is 1.00 bits per heavy atom.